The fraction of sp³-hybridized carbons (Fsp3) is 1.00. The number of nitrogens with one attached hydrogen (secondary N) is 1. The predicted molar refractivity (Wildman–Crippen MR) is 65.1 cm³/mol. The zero-order valence-electron chi connectivity index (χ0n) is 10.6. The van der Waals surface area contributed by atoms with E-state index in [9.17, 15) is 0 Å². The Labute approximate surface area is 94.4 Å². The molecular weight excluding hydrogens is 184 g/mol. The van der Waals surface area contributed by atoms with Gasteiger partial charge in [0.15, 0.2) is 0 Å². The molecule has 2 fully saturated rings. The van der Waals surface area contributed by atoms with Crippen LogP contribution in [0.25, 0.3) is 0 Å². The van der Waals surface area contributed by atoms with E-state index in [2.05, 4.69) is 31.1 Å². The van der Waals surface area contributed by atoms with Crippen molar-refractivity contribution in [2.75, 3.05) is 20.1 Å². The zero-order valence-corrected chi connectivity index (χ0v) is 10.6. The van der Waals surface area contributed by atoms with Crippen molar-refractivity contribution in [3.63, 3.8) is 0 Å². The van der Waals surface area contributed by atoms with Gasteiger partial charge < -0.3 is 5.32 Å². The van der Waals surface area contributed by atoms with Crippen LogP contribution < -0.4 is 5.32 Å². The Morgan fingerprint density at radius 3 is 2.40 bits per heavy atom. The average molecular weight is 210 g/mol. The lowest BCUT2D eigenvalue weighted by Crippen LogP contribution is -2.68. The van der Waals surface area contributed by atoms with Crippen molar-refractivity contribution in [1.29, 1.82) is 0 Å². The Kier molecular flexibility index (Phi) is 3.09. The Hall–Kier alpha value is -0.0800. The van der Waals surface area contributed by atoms with Crippen molar-refractivity contribution in [3.05, 3.63) is 0 Å². The Bertz CT molecular complexity index is 221. The molecule has 88 valence electrons. The molecule has 0 aromatic rings. The summed E-state index contributed by atoms with van der Waals surface area (Å²) < 4.78 is 0. The molecule has 15 heavy (non-hydrogen) atoms. The van der Waals surface area contributed by atoms with Gasteiger partial charge >= 0.3 is 0 Å². The lowest BCUT2D eigenvalue weighted by molar-refractivity contribution is 0.0182. The fourth-order valence-electron chi connectivity index (χ4n) is 3.17. The van der Waals surface area contributed by atoms with Gasteiger partial charge in [0.1, 0.15) is 0 Å². The maximum Gasteiger partial charge on any atom is 0.0309 e. The minimum Gasteiger partial charge on any atom is -0.308 e. The second kappa shape index (κ2) is 4.06. The van der Waals surface area contributed by atoms with E-state index in [-0.39, 0.29) is 0 Å². The van der Waals surface area contributed by atoms with Gasteiger partial charge in [0.25, 0.3) is 0 Å². The quantitative estimate of drug-likeness (QED) is 0.715. The highest BCUT2D eigenvalue weighted by molar-refractivity contribution is 5.03. The number of rotatable bonds is 1. The van der Waals surface area contributed by atoms with Crippen molar-refractivity contribution < 1.29 is 0 Å². The first kappa shape index (κ1) is 11.4. The number of nitrogens with zero attached hydrogens (tertiary/aromatic N) is 1. The summed E-state index contributed by atoms with van der Waals surface area (Å²) in [5, 5.41) is 3.86. The van der Waals surface area contributed by atoms with Gasteiger partial charge in [-0.05, 0) is 33.2 Å². The van der Waals surface area contributed by atoms with Gasteiger partial charge in [-0.1, -0.05) is 26.2 Å². The molecule has 1 spiro atoms. The van der Waals surface area contributed by atoms with E-state index in [0.29, 0.717) is 11.1 Å². The molecule has 1 heterocycles. The topological polar surface area (TPSA) is 15.3 Å². The van der Waals surface area contributed by atoms with E-state index in [4.69, 9.17) is 0 Å². The second-order valence-corrected chi connectivity index (χ2v) is 5.90. The summed E-state index contributed by atoms with van der Waals surface area (Å²) >= 11 is 0. The van der Waals surface area contributed by atoms with Crippen molar-refractivity contribution in [3.8, 4) is 0 Å². The van der Waals surface area contributed by atoms with Crippen LogP contribution in [-0.2, 0) is 0 Å². The first-order chi connectivity index (χ1) is 7.10. The van der Waals surface area contributed by atoms with Crippen molar-refractivity contribution >= 4 is 0 Å². The summed E-state index contributed by atoms with van der Waals surface area (Å²) in [5.41, 5.74) is 0.838. The Morgan fingerprint density at radius 2 is 1.87 bits per heavy atom. The molecule has 1 N–H and O–H groups in total. The SMILES string of the molecule is CCC1(C)CNC2(CCCCC2)CN1C. The molecule has 0 radical (unpaired) electrons. The van der Waals surface area contributed by atoms with Crippen LogP contribution in [0.5, 0.6) is 0 Å². The largest absolute Gasteiger partial charge is 0.308 e. The van der Waals surface area contributed by atoms with Crippen LogP contribution in [0.3, 0.4) is 0 Å². The molecule has 1 saturated heterocycles. The smallest absolute Gasteiger partial charge is 0.0309 e. The minimum atomic E-state index is 0.378. The summed E-state index contributed by atoms with van der Waals surface area (Å²) in [6.07, 6.45) is 8.30. The molecule has 2 rings (SSSR count). The third-order valence-electron chi connectivity index (χ3n) is 4.88. The normalized spacial score (nSPS) is 37.0. The van der Waals surface area contributed by atoms with Gasteiger partial charge in [0, 0.05) is 24.2 Å². The Morgan fingerprint density at radius 1 is 1.20 bits per heavy atom. The molecule has 1 aliphatic heterocycles. The second-order valence-electron chi connectivity index (χ2n) is 5.90. The summed E-state index contributed by atoms with van der Waals surface area (Å²) in [7, 11) is 2.31. The van der Waals surface area contributed by atoms with E-state index in [1.807, 2.05) is 0 Å². The van der Waals surface area contributed by atoms with Crippen molar-refractivity contribution in [2.45, 2.75) is 63.5 Å². The molecule has 0 bridgehead atoms. The van der Waals surface area contributed by atoms with Gasteiger partial charge in [-0.2, -0.15) is 0 Å². The first-order valence-electron chi connectivity index (χ1n) is 6.57. The van der Waals surface area contributed by atoms with E-state index in [1.165, 1.54) is 51.6 Å². The molecule has 1 aliphatic carbocycles. The highest BCUT2D eigenvalue weighted by Gasteiger charge is 2.42. The molecule has 1 unspecified atom stereocenters. The predicted octanol–water partition coefficient (Wildman–Crippen LogP) is 2.39. The van der Waals surface area contributed by atoms with E-state index in [0.717, 1.165) is 0 Å². The summed E-state index contributed by atoms with van der Waals surface area (Å²) in [6, 6.07) is 0. The van der Waals surface area contributed by atoms with E-state index in [1.54, 1.807) is 0 Å². The fourth-order valence-corrected chi connectivity index (χ4v) is 3.17. The minimum absolute atomic E-state index is 0.378. The highest BCUT2D eigenvalue weighted by atomic mass is 15.3. The van der Waals surface area contributed by atoms with Crippen LogP contribution in [0.15, 0.2) is 0 Å². The molecule has 1 atom stereocenters. The molecule has 1 saturated carbocycles. The van der Waals surface area contributed by atoms with Gasteiger partial charge in [0.05, 0.1) is 0 Å². The van der Waals surface area contributed by atoms with Crippen LogP contribution in [0, 0.1) is 0 Å². The maximum atomic E-state index is 3.86. The number of hydrogen-bond donors (Lipinski definition) is 1. The lowest BCUT2D eigenvalue weighted by Gasteiger charge is -2.53. The van der Waals surface area contributed by atoms with E-state index >= 15 is 0 Å². The summed E-state index contributed by atoms with van der Waals surface area (Å²) in [4.78, 5) is 2.59. The lowest BCUT2D eigenvalue weighted by atomic mass is 9.77. The Balaban J connectivity index is 2.03. The van der Waals surface area contributed by atoms with Gasteiger partial charge in [-0.15, -0.1) is 0 Å². The molecular formula is C13H26N2. The first-order valence-corrected chi connectivity index (χ1v) is 6.57. The van der Waals surface area contributed by atoms with Crippen molar-refractivity contribution in [1.82, 2.24) is 10.2 Å². The maximum absolute atomic E-state index is 3.86. The molecule has 2 heteroatoms. The van der Waals surface area contributed by atoms with Gasteiger partial charge in [0.2, 0.25) is 0 Å². The molecule has 0 aromatic carbocycles. The number of piperazine rings is 1. The van der Waals surface area contributed by atoms with Crippen LogP contribution in [0.1, 0.15) is 52.4 Å². The summed E-state index contributed by atoms with van der Waals surface area (Å²) in [6.45, 7) is 7.10. The third kappa shape index (κ3) is 2.07. The van der Waals surface area contributed by atoms with Crippen LogP contribution >= 0.6 is 0 Å². The number of likely N-dealkylation sites (N-methyl/N-ethyl adjacent to an activating group) is 1. The molecule has 0 amide bonds. The van der Waals surface area contributed by atoms with Crippen LogP contribution in [0.2, 0.25) is 0 Å². The van der Waals surface area contributed by atoms with Crippen LogP contribution in [0.4, 0.5) is 0 Å². The molecule has 2 nitrogen and oxygen atoms in total. The van der Waals surface area contributed by atoms with Gasteiger partial charge in [-0.25, -0.2) is 0 Å². The highest BCUT2D eigenvalue weighted by Crippen LogP contribution is 2.34. The molecule has 2 aliphatic rings. The van der Waals surface area contributed by atoms with E-state index < -0.39 is 0 Å². The van der Waals surface area contributed by atoms with Crippen molar-refractivity contribution in [2.24, 2.45) is 0 Å². The average Bonchev–Trinajstić information content (AvgIpc) is 2.26. The van der Waals surface area contributed by atoms with Crippen LogP contribution in [-0.4, -0.2) is 36.1 Å². The monoisotopic (exact) mass is 210 g/mol. The molecule has 0 aromatic heterocycles. The third-order valence-corrected chi connectivity index (χ3v) is 4.88. The zero-order chi connectivity index (χ0) is 10.9. The number of hydrogen-bond acceptors (Lipinski definition) is 2. The summed E-state index contributed by atoms with van der Waals surface area (Å²) in [5.74, 6) is 0. The van der Waals surface area contributed by atoms with Gasteiger partial charge in [-0.3, -0.25) is 4.90 Å². The standard InChI is InChI=1S/C13H26N2/c1-4-12(2)10-14-13(11-15(12)3)8-6-5-7-9-13/h14H,4-11H2,1-3H3.